The lowest BCUT2D eigenvalue weighted by atomic mass is 10.2. The van der Waals surface area contributed by atoms with E-state index >= 15 is 0 Å². The monoisotopic (exact) mass is 268 g/mol. The van der Waals surface area contributed by atoms with Crippen LogP contribution in [0, 0.1) is 0 Å². The van der Waals surface area contributed by atoms with Gasteiger partial charge < -0.3 is 14.3 Å². The Bertz CT molecular complexity index is 790. The van der Waals surface area contributed by atoms with Gasteiger partial charge >= 0.3 is 5.63 Å². The van der Waals surface area contributed by atoms with Crippen LogP contribution in [-0.2, 0) is 6.61 Å². The molecule has 0 amide bonds. The molecule has 20 heavy (non-hydrogen) atoms. The maximum Gasteiger partial charge on any atom is 0.379 e. The summed E-state index contributed by atoms with van der Waals surface area (Å²) < 4.78 is 10.6. The van der Waals surface area contributed by atoms with Gasteiger partial charge in [0, 0.05) is 5.39 Å². The Hall–Kier alpha value is -2.75. The minimum atomic E-state index is -0.602. The molecule has 0 saturated carbocycles. The third-order valence-electron chi connectivity index (χ3n) is 2.94. The number of phenolic OH excluding ortho intramolecular Hbond substituents is 1. The Morgan fingerprint density at radius 3 is 2.65 bits per heavy atom. The molecule has 1 N–H and O–H groups in total. The molecule has 0 atom stereocenters. The predicted molar refractivity (Wildman–Crippen MR) is 74.9 cm³/mol. The van der Waals surface area contributed by atoms with Crippen LogP contribution in [0.15, 0.2) is 63.8 Å². The first kappa shape index (κ1) is 12.3. The lowest BCUT2D eigenvalue weighted by Crippen LogP contribution is -2.06. The van der Waals surface area contributed by atoms with E-state index in [0.29, 0.717) is 5.39 Å². The zero-order valence-electron chi connectivity index (χ0n) is 10.6. The van der Waals surface area contributed by atoms with Gasteiger partial charge in [-0.15, -0.1) is 0 Å². The Morgan fingerprint density at radius 2 is 1.85 bits per heavy atom. The third kappa shape index (κ3) is 2.36. The maximum absolute atomic E-state index is 11.8. The van der Waals surface area contributed by atoms with Crippen molar-refractivity contribution in [1.29, 1.82) is 0 Å². The predicted octanol–water partition coefficient (Wildman–Crippen LogP) is 3.08. The summed E-state index contributed by atoms with van der Waals surface area (Å²) in [6, 6.07) is 16.0. The van der Waals surface area contributed by atoms with Crippen molar-refractivity contribution in [1.82, 2.24) is 0 Å². The third-order valence-corrected chi connectivity index (χ3v) is 2.94. The highest BCUT2D eigenvalue weighted by molar-refractivity contribution is 5.82. The Labute approximate surface area is 114 Å². The van der Waals surface area contributed by atoms with Crippen LogP contribution >= 0.6 is 0 Å². The van der Waals surface area contributed by atoms with Crippen molar-refractivity contribution in [3.8, 4) is 11.5 Å². The molecule has 1 aromatic heterocycles. The van der Waals surface area contributed by atoms with Crippen molar-refractivity contribution in [3.05, 3.63) is 70.6 Å². The number of hydrogen-bond acceptors (Lipinski definition) is 4. The van der Waals surface area contributed by atoms with E-state index in [2.05, 4.69) is 0 Å². The van der Waals surface area contributed by atoms with Crippen LogP contribution in [0.5, 0.6) is 11.5 Å². The Kier molecular flexibility index (Phi) is 3.13. The molecule has 3 aromatic rings. The Balaban J connectivity index is 1.92. The normalized spacial score (nSPS) is 10.6. The zero-order valence-corrected chi connectivity index (χ0v) is 10.6. The van der Waals surface area contributed by atoms with Gasteiger partial charge in [0.2, 0.25) is 5.75 Å². The summed E-state index contributed by atoms with van der Waals surface area (Å²) in [5.74, 6) is 0.0705. The highest BCUT2D eigenvalue weighted by Crippen LogP contribution is 2.25. The molecule has 3 rings (SSSR count). The number of fused-ring (bicyclic) bond motifs is 1. The van der Waals surface area contributed by atoms with E-state index in [9.17, 15) is 9.90 Å². The molecule has 4 heteroatoms. The second kappa shape index (κ2) is 5.09. The molecule has 0 spiro atoms. The number of ether oxygens (including phenoxy) is 1. The minimum absolute atomic E-state index is 0.0609. The van der Waals surface area contributed by atoms with E-state index in [1.807, 2.05) is 30.3 Å². The summed E-state index contributed by atoms with van der Waals surface area (Å²) in [7, 11) is 0. The molecule has 0 aliphatic rings. The van der Waals surface area contributed by atoms with Gasteiger partial charge in [-0.25, -0.2) is 4.79 Å². The fraction of sp³-hybridized carbons (Fsp3) is 0.0625. The van der Waals surface area contributed by atoms with E-state index in [0.717, 1.165) is 5.56 Å². The van der Waals surface area contributed by atoms with Gasteiger partial charge in [-0.1, -0.05) is 42.5 Å². The number of phenols is 1. The van der Waals surface area contributed by atoms with Crippen LogP contribution < -0.4 is 10.4 Å². The molecule has 0 saturated heterocycles. The summed E-state index contributed by atoms with van der Waals surface area (Å²) in [5.41, 5.74) is 0.530. The number of benzene rings is 2. The van der Waals surface area contributed by atoms with Crippen molar-refractivity contribution < 1.29 is 14.3 Å². The fourth-order valence-electron chi connectivity index (χ4n) is 1.95. The highest BCUT2D eigenvalue weighted by Gasteiger charge is 2.09. The Morgan fingerprint density at radius 1 is 1.05 bits per heavy atom. The molecule has 0 aliphatic carbocycles. The van der Waals surface area contributed by atoms with E-state index < -0.39 is 5.63 Å². The summed E-state index contributed by atoms with van der Waals surface area (Å²) >= 11 is 0. The van der Waals surface area contributed by atoms with Gasteiger partial charge in [-0.05, 0) is 17.7 Å². The van der Waals surface area contributed by atoms with Gasteiger partial charge in [-0.2, -0.15) is 0 Å². The topological polar surface area (TPSA) is 59.7 Å². The van der Waals surface area contributed by atoms with Crippen molar-refractivity contribution in [2.24, 2.45) is 0 Å². The summed E-state index contributed by atoms with van der Waals surface area (Å²) in [6.45, 7) is 0.288. The van der Waals surface area contributed by atoms with Gasteiger partial charge in [0.1, 0.15) is 6.61 Å². The van der Waals surface area contributed by atoms with E-state index in [1.54, 1.807) is 18.2 Å². The smallest absolute Gasteiger partial charge is 0.379 e. The lowest BCUT2D eigenvalue weighted by molar-refractivity contribution is 0.290. The highest BCUT2D eigenvalue weighted by atomic mass is 16.5. The average molecular weight is 268 g/mol. The largest absolute Gasteiger partial charge is 0.504 e. The maximum atomic E-state index is 11.8. The summed E-state index contributed by atoms with van der Waals surface area (Å²) in [5, 5.41) is 10.2. The van der Waals surface area contributed by atoms with Crippen molar-refractivity contribution in [3.63, 3.8) is 0 Å². The molecular formula is C16H12O4. The first-order chi connectivity index (χ1) is 9.74. The number of hydrogen-bond donors (Lipinski definition) is 1. The van der Waals surface area contributed by atoms with Crippen LogP contribution in [0.4, 0.5) is 0 Å². The van der Waals surface area contributed by atoms with E-state index in [-0.39, 0.29) is 23.7 Å². The van der Waals surface area contributed by atoms with Crippen LogP contribution in [0.25, 0.3) is 11.0 Å². The lowest BCUT2D eigenvalue weighted by Gasteiger charge is -2.06. The molecule has 0 aliphatic heterocycles. The molecule has 0 radical (unpaired) electrons. The quantitative estimate of drug-likeness (QED) is 0.741. The molecule has 2 aromatic carbocycles. The molecule has 0 fully saturated rings. The fourth-order valence-corrected chi connectivity index (χ4v) is 1.95. The van der Waals surface area contributed by atoms with Crippen LogP contribution in [0.3, 0.4) is 0 Å². The van der Waals surface area contributed by atoms with Gasteiger partial charge in [0.15, 0.2) is 11.3 Å². The molecule has 0 unspecified atom stereocenters. The van der Waals surface area contributed by atoms with E-state index in [4.69, 9.17) is 9.15 Å². The van der Waals surface area contributed by atoms with Gasteiger partial charge in [0.25, 0.3) is 0 Å². The van der Waals surface area contributed by atoms with Crippen LogP contribution in [0.1, 0.15) is 5.56 Å². The number of rotatable bonds is 3. The van der Waals surface area contributed by atoms with Crippen LogP contribution in [0.2, 0.25) is 0 Å². The summed E-state index contributed by atoms with van der Waals surface area (Å²) in [4.78, 5) is 11.8. The SMILES string of the molecule is O=c1oc2c(O)cccc2cc1OCc1ccccc1. The second-order valence-corrected chi connectivity index (χ2v) is 4.37. The zero-order chi connectivity index (χ0) is 13.9. The first-order valence-corrected chi connectivity index (χ1v) is 6.16. The second-order valence-electron chi connectivity index (χ2n) is 4.37. The van der Waals surface area contributed by atoms with Gasteiger partial charge in [-0.3, -0.25) is 0 Å². The summed E-state index contributed by atoms with van der Waals surface area (Å²) in [6.07, 6.45) is 0. The molecule has 1 heterocycles. The molecule has 0 bridgehead atoms. The van der Waals surface area contributed by atoms with Crippen molar-refractivity contribution in [2.45, 2.75) is 6.61 Å². The molecule has 100 valence electrons. The standard InChI is InChI=1S/C16H12O4/c17-13-8-4-7-12-9-14(16(18)20-15(12)13)19-10-11-5-2-1-3-6-11/h1-9,17H,10H2. The van der Waals surface area contributed by atoms with Crippen LogP contribution in [-0.4, -0.2) is 5.11 Å². The van der Waals surface area contributed by atoms with E-state index in [1.165, 1.54) is 6.07 Å². The minimum Gasteiger partial charge on any atom is -0.504 e. The molecule has 4 nitrogen and oxygen atoms in total. The first-order valence-electron chi connectivity index (χ1n) is 6.16. The average Bonchev–Trinajstić information content (AvgIpc) is 2.47. The van der Waals surface area contributed by atoms with Crippen molar-refractivity contribution in [2.75, 3.05) is 0 Å². The molecular weight excluding hydrogens is 256 g/mol. The number of aromatic hydroxyl groups is 1. The number of para-hydroxylation sites is 1. The van der Waals surface area contributed by atoms with Crippen molar-refractivity contribution >= 4 is 11.0 Å². The van der Waals surface area contributed by atoms with Gasteiger partial charge in [0.05, 0.1) is 0 Å².